The summed E-state index contributed by atoms with van der Waals surface area (Å²) < 4.78 is 18.4. The van der Waals surface area contributed by atoms with E-state index in [0.717, 1.165) is 17.6 Å². The first kappa shape index (κ1) is 24.4. The zero-order valence-corrected chi connectivity index (χ0v) is 21.3. The van der Waals surface area contributed by atoms with Gasteiger partial charge < -0.3 is 14.2 Å². The van der Waals surface area contributed by atoms with Gasteiger partial charge in [-0.1, -0.05) is 45.4 Å². The fraction of sp³-hybridized carbons (Fsp3) is 0.714. The number of Topliss-reactive ketones (excluding diaryl/α,β-unsaturated/α-hetero) is 1. The van der Waals surface area contributed by atoms with Gasteiger partial charge in [-0.3, -0.25) is 9.59 Å². The number of fused-ring (bicyclic) bond motifs is 2. The van der Waals surface area contributed by atoms with Crippen molar-refractivity contribution >= 4 is 11.8 Å². The summed E-state index contributed by atoms with van der Waals surface area (Å²) in [5, 5.41) is 0. The molecule has 4 aliphatic rings. The van der Waals surface area contributed by atoms with Crippen LogP contribution in [-0.4, -0.2) is 43.3 Å². The molecule has 0 bridgehead atoms. The summed E-state index contributed by atoms with van der Waals surface area (Å²) in [6.07, 6.45) is 12.3. The molecule has 5 heteroatoms. The largest absolute Gasteiger partial charge is 0.461 e. The Morgan fingerprint density at radius 3 is 2.55 bits per heavy atom. The van der Waals surface area contributed by atoms with Crippen LogP contribution in [0.3, 0.4) is 0 Å². The third-order valence-electron chi connectivity index (χ3n) is 9.07. The minimum atomic E-state index is -0.484. The Balaban J connectivity index is 1.79. The van der Waals surface area contributed by atoms with Gasteiger partial charge in [0.25, 0.3) is 0 Å². The number of methoxy groups -OCH3 is 1. The third-order valence-corrected chi connectivity index (χ3v) is 9.07. The van der Waals surface area contributed by atoms with Crippen molar-refractivity contribution in [3.63, 3.8) is 0 Å². The maximum absolute atomic E-state index is 12.5. The van der Waals surface area contributed by atoms with E-state index >= 15 is 0 Å². The van der Waals surface area contributed by atoms with Gasteiger partial charge in [0.1, 0.15) is 6.61 Å². The minimum Gasteiger partial charge on any atom is -0.461 e. The van der Waals surface area contributed by atoms with Crippen molar-refractivity contribution < 1.29 is 23.8 Å². The summed E-state index contributed by atoms with van der Waals surface area (Å²) in [6.45, 7) is 12.8. The highest BCUT2D eigenvalue weighted by Crippen LogP contribution is 2.62. The number of hydrogen-bond acceptors (Lipinski definition) is 5. The normalized spacial score (nSPS) is 42.0. The smallest absolute Gasteiger partial charge is 0.302 e. The molecule has 4 rings (SSSR count). The fourth-order valence-corrected chi connectivity index (χ4v) is 7.38. The number of hydrogen-bond donors (Lipinski definition) is 0. The Bertz CT molecular complexity index is 911. The van der Waals surface area contributed by atoms with Crippen molar-refractivity contribution in [1.29, 1.82) is 0 Å². The zero-order valence-electron chi connectivity index (χ0n) is 21.3. The van der Waals surface area contributed by atoms with Crippen molar-refractivity contribution in [2.45, 2.75) is 85.0 Å². The van der Waals surface area contributed by atoms with E-state index in [2.05, 4.69) is 45.9 Å². The third kappa shape index (κ3) is 4.16. The van der Waals surface area contributed by atoms with E-state index in [-0.39, 0.29) is 53.2 Å². The molecule has 33 heavy (non-hydrogen) atoms. The molecule has 1 aliphatic heterocycles. The minimum absolute atomic E-state index is 0.00888. The quantitative estimate of drug-likeness (QED) is 0.430. The molecule has 3 aliphatic carbocycles. The van der Waals surface area contributed by atoms with Gasteiger partial charge in [-0.05, 0) is 60.7 Å². The van der Waals surface area contributed by atoms with Crippen LogP contribution in [0, 0.1) is 28.6 Å². The molecule has 0 aromatic heterocycles. The first-order chi connectivity index (χ1) is 15.4. The highest BCUT2D eigenvalue weighted by Gasteiger charge is 2.59. The Labute approximate surface area is 198 Å². The molecule has 1 heterocycles. The van der Waals surface area contributed by atoms with Crippen LogP contribution in [0.15, 0.2) is 35.5 Å². The molecule has 0 aromatic rings. The molecule has 0 saturated heterocycles. The molecule has 0 amide bonds. The zero-order chi connectivity index (χ0) is 24.2. The van der Waals surface area contributed by atoms with Gasteiger partial charge in [0, 0.05) is 32.3 Å². The molecule has 7 unspecified atom stereocenters. The van der Waals surface area contributed by atoms with E-state index in [4.69, 9.17) is 14.2 Å². The Morgan fingerprint density at radius 1 is 1.15 bits per heavy atom. The molecular formula is C28H40O5. The van der Waals surface area contributed by atoms with Crippen LogP contribution in [-0.2, 0) is 23.8 Å². The first-order valence-electron chi connectivity index (χ1n) is 12.4. The lowest BCUT2D eigenvalue weighted by Gasteiger charge is -2.61. The van der Waals surface area contributed by atoms with Crippen LogP contribution >= 0.6 is 0 Å². The van der Waals surface area contributed by atoms with Crippen LogP contribution in [0.5, 0.6) is 0 Å². The van der Waals surface area contributed by atoms with Crippen LogP contribution in [0.2, 0.25) is 0 Å². The molecule has 0 N–H and O–H groups in total. The van der Waals surface area contributed by atoms with Crippen LogP contribution in [0.4, 0.5) is 0 Å². The number of carbonyl (C=O) groups is 2. The average Bonchev–Trinajstić information content (AvgIpc) is 2.72. The number of allylic oxidation sites excluding steroid dienone is 2. The Hall–Kier alpha value is -1.72. The predicted molar refractivity (Wildman–Crippen MR) is 128 cm³/mol. The molecule has 1 saturated carbocycles. The molecule has 7 atom stereocenters. The second-order valence-electron chi connectivity index (χ2n) is 11.7. The number of ketones is 1. The van der Waals surface area contributed by atoms with Gasteiger partial charge in [-0.15, -0.1) is 0 Å². The Morgan fingerprint density at radius 2 is 1.88 bits per heavy atom. The molecule has 1 fully saturated rings. The number of ether oxygens (including phenoxy) is 3. The standard InChI is InChI=1S/C28H40O5/c1-17-13-22-20(15-21(17)30)19(16-32-18(2)29)14-23(33-22)25-27(5)11-8-10-26(3,4)24(27)9-12-28(25,6)31-7/h9,12-14,20,22-25H,8,10-11,15-16H2,1-7H3. The number of esters is 1. The van der Waals surface area contributed by atoms with E-state index in [0.29, 0.717) is 12.3 Å². The summed E-state index contributed by atoms with van der Waals surface area (Å²) in [7, 11) is 1.79. The lowest BCUT2D eigenvalue weighted by molar-refractivity contribution is -0.173. The van der Waals surface area contributed by atoms with Crippen molar-refractivity contribution in [2.24, 2.45) is 28.6 Å². The summed E-state index contributed by atoms with van der Waals surface area (Å²) in [5.41, 5.74) is 1.45. The average molecular weight is 457 g/mol. The van der Waals surface area contributed by atoms with Crippen LogP contribution in [0.1, 0.15) is 67.2 Å². The van der Waals surface area contributed by atoms with Crippen molar-refractivity contribution in [1.82, 2.24) is 0 Å². The predicted octanol–water partition coefficient (Wildman–Crippen LogP) is 5.20. The molecule has 182 valence electrons. The van der Waals surface area contributed by atoms with Gasteiger partial charge in [0.15, 0.2) is 5.78 Å². The second-order valence-corrected chi connectivity index (χ2v) is 11.7. The fourth-order valence-electron chi connectivity index (χ4n) is 7.38. The van der Waals surface area contributed by atoms with E-state index in [9.17, 15) is 9.59 Å². The lowest BCUT2D eigenvalue weighted by Crippen LogP contribution is -2.60. The summed E-state index contributed by atoms with van der Waals surface area (Å²) in [5.74, 6) is 0.243. The molecule has 0 spiro atoms. The number of carbonyl (C=O) groups excluding carboxylic acids is 2. The molecule has 0 radical (unpaired) electrons. The van der Waals surface area contributed by atoms with Gasteiger partial charge in [-0.25, -0.2) is 0 Å². The molecule has 0 aromatic carbocycles. The van der Waals surface area contributed by atoms with Gasteiger partial charge >= 0.3 is 5.97 Å². The molecule has 5 nitrogen and oxygen atoms in total. The highest BCUT2D eigenvalue weighted by molar-refractivity contribution is 5.96. The van der Waals surface area contributed by atoms with Crippen molar-refractivity contribution in [2.75, 3.05) is 13.7 Å². The number of rotatable bonds is 4. The summed E-state index contributed by atoms with van der Waals surface area (Å²) in [6, 6.07) is 0. The lowest BCUT2D eigenvalue weighted by atomic mass is 9.46. The maximum Gasteiger partial charge on any atom is 0.302 e. The van der Waals surface area contributed by atoms with Crippen molar-refractivity contribution in [3.8, 4) is 0 Å². The highest BCUT2D eigenvalue weighted by atomic mass is 16.5. The molecular weight excluding hydrogens is 416 g/mol. The summed E-state index contributed by atoms with van der Waals surface area (Å²) >= 11 is 0. The van der Waals surface area contributed by atoms with Gasteiger partial charge in [0.2, 0.25) is 0 Å². The summed E-state index contributed by atoms with van der Waals surface area (Å²) in [4.78, 5) is 24.1. The van der Waals surface area contributed by atoms with E-state index in [1.54, 1.807) is 7.11 Å². The topological polar surface area (TPSA) is 61.8 Å². The Kier molecular flexibility index (Phi) is 6.28. The second kappa shape index (κ2) is 8.49. The monoisotopic (exact) mass is 456 g/mol. The van der Waals surface area contributed by atoms with E-state index in [1.807, 2.05) is 13.0 Å². The first-order valence-corrected chi connectivity index (χ1v) is 12.4. The van der Waals surface area contributed by atoms with Crippen LogP contribution in [0.25, 0.3) is 0 Å². The van der Waals surface area contributed by atoms with Crippen LogP contribution < -0.4 is 0 Å². The van der Waals surface area contributed by atoms with Crippen molar-refractivity contribution in [3.05, 3.63) is 35.5 Å². The van der Waals surface area contributed by atoms with Gasteiger partial charge in [0.05, 0.1) is 17.8 Å². The SMILES string of the molecule is COC1(C)C=CC2C(C)(C)CCCC2(C)C1C1C=C(COC(C)=O)C2CC(=O)C(C)=CC2O1. The maximum atomic E-state index is 12.5. The van der Waals surface area contributed by atoms with E-state index < -0.39 is 5.60 Å². The van der Waals surface area contributed by atoms with Gasteiger partial charge in [-0.2, -0.15) is 0 Å². The van der Waals surface area contributed by atoms with E-state index in [1.165, 1.54) is 19.8 Å².